The van der Waals surface area contributed by atoms with E-state index < -0.39 is 0 Å². The van der Waals surface area contributed by atoms with E-state index in [0.29, 0.717) is 0 Å². The molecule has 0 N–H and O–H groups in total. The topological polar surface area (TPSA) is 0 Å². The average Bonchev–Trinajstić information content (AvgIpc) is 2.03. The highest BCUT2D eigenvalue weighted by molar-refractivity contribution is 6.18. The Morgan fingerprint density at radius 1 is 1.00 bits per heavy atom. The largest absolute Gasteiger partial charge is 0.126 e. The molecule has 11 heavy (non-hydrogen) atoms. The molecule has 0 aromatic rings. The Kier molecular flexibility index (Phi) is 10.6. The Morgan fingerprint density at radius 3 is 2.27 bits per heavy atom. The lowest BCUT2D eigenvalue weighted by Crippen LogP contribution is -1.81. The van der Waals surface area contributed by atoms with Gasteiger partial charge in [-0.2, -0.15) is 0 Å². The van der Waals surface area contributed by atoms with Crippen molar-refractivity contribution in [1.29, 1.82) is 0 Å². The first-order valence-electron chi connectivity index (χ1n) is 4.79. The molecular formula is C10H20Cl. The van der Waals surface area contributed by atoms with Gasteiger partial charge in [0.05, 0.1) is 0 Å². The second-order valence-corrected chi connectivity index (χ2v) is 3.31. The zero-order valence-electron chi connectivity index (χ0n) is 7.61. The molecule has 0 fully saturated rings. The Labute approximate surface area is 76.3 Å². The van der Waals surface area contributed by atoms with Gasteiger partial charge in [-0.05, 0) is 12.8 Å². The van der Waals surface area contributed by atoms with E-state index in [2.05, 4.69) is 13.3 Å². The summed E-state index contributed by atoms with van der Waals surface area (Å²) in [4.78, 5) is 0. The SMILES string of the molecule is CCCCCCCC[CH]CCl. The molecule has 1 radical (unpaired) electrons. The summed E-state index contributed by atoms with van der Waals surface area (Å²) in [6, 6.07) is 0. The van der Waals surface area contributed by atoms with Gasteiger partial charge in [0.2, 0.25) is 0 Å². The van der Waals surface area contributed by atoms with Crippen LogP contribution >= 0.6 is 11.6 Å². The van der Waals surface area contributed by atoms with Crippen LogP contribution in [-0.4, -0.2) is 5.88 Å². The molecule has 0 spiro atoms. The summed E-state index contributed by atoms with van der Waals surface area (Å²) in [6.45, 7) is 2.25. The van der Waals surface area contributed by atoms with Crippen LogP contribution in [0.15, 0.2) is 0 Å². The number of alkyl halides is 1. The fourth-order valence-corrected chi connectivity index (χ4v) is 1.30. The molecule has 0 nitrogen and oxygen atoms in total. The zero-order chi connectivity index (χ0) is 8.36. The molecule has 1 heteroatoms. The van der Waals surface area contributed by atoms with Gasteiger partial charge in [0, 0.05) is 5.88 Å². The third kappa shape index (κ3) is 10.3. The van der Waals surface area contributed by atoms with Crippen LogP contribution in [0.2, 0.25) is 0 Å². The second kappa shape index (κ2) is 10.3. The first-order chi connectivity index (χ1) is 5.41. The minimum absolute atomic E-state index is 0.717. The summed E-state index contributed by atoms with van der Waals surface area (Å²) in [5.41, 5.74) is 0. The van der Waals surface area contributed by atoms with Crippen molar-refractivity contribution in [3.05, 3.63) is 6.42 Å². The van der Waals surface area contributed by atoms with Crippen molar-refractivity contribution in [1.82, 2.24) is 0 Å². The van der Waals surface area contributed by atoms with E-state index >= 15 is 0 Å². The van der Waals surface area contributed by atoms with Gasteiger partial charge in [-0.1, -0.05) is 45.4 Å². The number of halogens is 1. The molecule has 0 rings (SSSR count). The van der Waals surface area contributed by atoms with Crippen LogP contribution in [0.25, 0.3) is 0 Å². The van der Waals surface area contributed by atoms with Crippen molar-refractivity contribution in [2.24, 2.45) is 0 Å². The molecule has 0 amide bonds. The molecule has 0 aromatic heterocycles. The van der Waals surface area contributed by atoms with E-state index in [0.717, 1.165) is 5.88 Å². The highest BCUT2D eigenvalue weighted by Gasteiger charge is 1.89. The highest BCUT2D eigenvalue weighted by Crippen LogP contribution is 2.07. The van der Waals surface area contributed by atoms with Gasteiger partial charge in [-0.25, -0.2) is 0 Å². The monoisotopic (exact) mass is 175 g/mol. The van der Waals surface area contributed by atoms with Gasteiger partial charge in [0.15, 0.2) is 0 Å². The maximum absolute atomic E-state index is 5.51. The molecule has 0 saturated carbocycles. The van der Waals surface area contributed by atoms with Gasteiger partial charge in [-0.15, -0.1) is 11.6 Å². The maximum Gasteiger partial charge on any atom is 0.0254 e. The Morgan fingerprint density at radius 2 is 1.64 bits per heavy atom. The van der Waals surface area contributed by atoms with Crippen LogP contribution in [0.5, 0.6) is 0 Å². The highest BCUT2D eigenvalue weighted by atomic mass is 35.5. The average molecular weight is 176 g/mol. The summed E-state index contributed by atoms with van der Waals surface area (Å²) in [5, 5.41) is 0. The van der Waals surface area contributed by atoms with Gasteiger partial charge in [0.25, 0.3) is 0 Å². The van der Waals surface area contributed by atoms with Gasteiger partial charge >= 0.3 is 0 Å². The third-order valence-corrected chi connectivity index (χ3v) is 2.09. The smallest absolute Gasteiger partial charge is 0.0254 e. The van der Waals surface area contributed by atoms with Crippen LogP contribution in [0.4, 0.5) is 0 Å². The lowest BCUT2D eigenvalue weighted by Gasteiger charge is -1.98. The number of hydrogen-bond acceptors (Lipinski definition) is 0. The molecule has 0 aliphatic rings. The molecule has 0 aliphatic carbocycles. The van der Waals surface area contributed by atoms with E-state index in [9.17, 15) is 0 Å². The first kappa shape index (κ1) is 11.3. The van der Waals surface area contributed by atoms with Crippen molar-refractivity contribution in [3.63, 3.8) is 0 Å². The Hall–Kier alpha value is 0.290. The predicted molar refractivity (Wildman–Crippen MR) is 53.0 cm³/mol. The van der Waals surface area contributed by atoms with Crippen molar-refractivity contribution >= 4 is 11.6 Å². The van der Waals surface area contributed by atoms with Gasteiger partial charge < -0.3 is 0 Å². The number of rotatable bonds is 8. The fraction of sp³-hybridized carbons (Fsp3) is 0.900. The molecule has 0 unspecified atom stereocenters. The summed E-state index contributed by atoms with van der Waals surface area (Å²) >= 11 is 5.51. The molecule has 0 heterocycles. The van der Waals surface area contributed by atoms with Crippen LogP contribution in [-0.2, 0) is 0 Å². The van der Waals surface area contributed by atoms with E-state index in [1.807, 2.05) is 0 Å². The normalized spacial score (nSPS) is 10.4. The van der Waals surface area contributed by atoms with E-state index in [1.165, 1.54) is 44.9 Å². The van der Waals surface area contributed by atoms with Crippen molar-refractivity contribution in [2.45, 2.75) is 51.9 Å². The van der Waals surface area contributed by atoms with Crippen LogP contribution in [0.3, 0.4) is 0 Å². The van der Waals surface area contributed by atoms with Crippen molar-refractivity contribution in [3.8, 4) is 0 Å². The Bertz CT molecular complexity index is 53.9. The molecule has 0 aliphatic heterocycles. The maximum atomic E-state index is 5.51. The van der Waals surface area contributed by atoms with Crippen LogP contribution < -0.4 is 0 Å². The van der Waals surface area contributed by atoms with Gasteiger partial charge in [0.1, 0.15) is 0 Å². The lowest BCUT2D eigenvalue weighted by atomic mass is 10.1. The van der Waals surface area contributed by atoms with Crippen molar-refractivity contribution < 1.29 is 0 Å². The summed E-state index contributed by atoms with van der Waals surface area (Å²) in [5.74, 6) is 0.717. The summed E-state index contributed by atoms with van der Waals surface area (Å²) < 4.78 is 0. The molecule has 67 valence electrons. The molecule has 0 bridgehead atoms. The van der Waals surface area contributed by atoms with Crippen LogP contribution in [0.1, 0.15) is 51.9 Å². The Balaban J connectivity index is 2.69. The van der Waals surface area contributed by atoms with Gasteiger partial charge in [-0.3, -0.25) is 0 Å². The fourth-order valence-electron chi connectivity index (χ4n) is 1.15. The van der Waals surface area contributed by atoms with Crippen LogP contribution in [0, 0.1) is 6.42 Å². The molecular weight excluding hydrogens is 156 g/mol. The lowest BCUT2D eigenvalue weighted by molar-refractivity contribution is 0.605. The second-order valence-electron chi connectivity index (χ2n) is 3.00. The minimum Gasteiger partial charge on any atom is -0.126 e. The van der Waals surface area contributed by atoms with E-state index in [-0.39, 0.29) is 0 Å². The molecule has 0 saturated heterocycles. The standard InChI is InChI=1S/C10H20Cl/c1-2-3-4-5-6-7-8-9-10-11/h9H,2-8,10H2,1H3. The number of hydrogen-bond donors (Lipinski definition) is 0. The molecule has 0 atom stereocenters. The number of unbranched alkanes of at least 4 members (excludes halogenated alkanes) is 7. The quantitative estimate of drug-likeness (QED) is 0.384. The third-order valence-electron chi connectivity index (χ3n) is 1.87. The summed E-state index contributed by atoms with van der Waals surface area (Å²) in [7, 11) is 0. The minimum atomic E-state index is 0.717. The molecule has 0 aromatic carbocycles. The van der Waals surface area contributed by atoms with E-state index in [1.54, 1.807) is 0 Å². The first-order valence-corrected chi connectivity index (χ1v) is 5.33. The van der Waals surface area contributed by atoms with Crippen molar-refractivity contribution in [2.75, 3.05) is 5.88 Å². The zero-order valence-corrected chi connectivity index (χ0v) is 8.37. The van der Waals surface area contributed by atoms with E-state index in [4.69, 9.17) is 11.6 Å². The predicted octanol–water partition coefficient (Wildman–Crippen LogP) is 4.18. The summed E-state index contributed by atoms with van der Waals surface area (Å²) in [6.07, 6.45) is 11.6.